The van der Waals surface area contributed by atoms with Crippen LogP contribution in [-0.2, 0) is 4.74 Å². The number of hydrogen-bond acceptors (Lipinski definition) is 6. The summed E-state index contributed by atoms with van der Waals surface area (Å²) in [6.07, 6.45) is 0. The van der Waals surface area contributed by atoms with Crippen molar-refractivity contribution >= 4 is 41.2 Å². The third kappa shape index (κ3) is 3.02. The fraction of sp³-hybridized carbons (Fsp3) is 0.214. The maximum Gasteiger partial charge on any atom is 0.338 e. The first-order valence-electron chi connectivity index (χ1n) is 6.50. The second-order valence-electron chi connectivity index (χ2n) is 4.26. The Balaban J connectivity index is 2.41. The number of esters is 1. The highest BCUT2D eigenvalue weighted by Gasteiger charge is 2.17. The number of nitrogen functional groups attached to an aromatic ring is 1. The number of ether oxygens (including phenoxy) is 1. The largest absolute Gasteiger partial charge is 0.462 e. The van der Waals surface area contributed by atoms with Crippen LogP contribution in [0, 0.1) is 3.95 Å². The van der Waals surface area contributed by atoms with Crippen molar-refractivity contribution in [1.29, 1.82) is 0 Å². The Labute approximate surface area is 136 Å². The van der Waals surface area contributed by atoms with Crippen molar-refractivity contribution in [1.82, 2.24) is 9.88 Å². The van der Waals surface area contributed by atoms with Crippen molar-refractivity contribution in [2.24, 2.45) is 0 Å². The topological polar surface area (TPSA) is 86.3 Å². The monoisotopic (exact) mass is 337 g/mol. The number of benzene rings is 1. The van der Waals surface area contributed by atoms with E-state index in [0.29, 0.717) is 26.7 Å². The van der Waals surface area contributed by atoms with E-state index in [4.69, 9.17) is 22.7 Å². The molecule has 0 bridgehead atoms. The third-order valence-corrected chi connectivity index (χ3v) is 4.30. The zero-order chi connectivity index (χ0) is 16.3. The van der Waals surface area contributed by atoms with Crippen LogP contribution in [-0.4, -0.2) is 30.1 Å². The number of anilines is 1. The van der Waals surface area contributed by atoms with Gasteiger partial charge in [0.05, 0.1) is 12.2 Å². The summed E-state index contributed by atoms with van der Waals surface area (Å²) < 4.78 is 6.98. The van der Waals surface area contributed by atoms with E-state index in [1.807, 2.05) is 0 Å². The maximum atomic E-state index is 11.7. The van der Waals surface area contributed by atoms with Crippen molar-refractivity contribution in [3.63, 3.8) is 0 Å². The van der Waals surface area contributed by atoms with Crippen LogP contribution < -0.4 is 11.1 Å². The number of rotatable bonds is 4. The summed E-state index contributed by atoms with van der Waals surface area (Å²) in [5.74, 6) is -0.393. The molecular formula is C14H15N3O3S2. The van der Waals surface area contributed by atoms with Crippen molar-refractivity contribution in [2.45, 2.75) is 6.92 Å². The Kier molecular flexibility index (Phi) is 4.94. The number of nitrogens with two attached hydrogens (primary N) is 1. The molecule has 1 heterocycles. The summed E-state index contributed by atoms with van der Waals surface area (Å²) in [6, 6.07) is 6.68. The molecule has 0 saturated carbocycles. The van der Waals surface area contributed by atoms with Gasteiger partial charge < -0.3 is 15.8 Å². The van der Waals surface area contributed by atoms with Gasteiger partial charge in [0.1, 0.15) is 10.7 Å². The van der Waals surface area contributed by atoms with Gasteiger partial charge in [-0.2, -0.15) is 0 Å². The molecule has 0 unspecified atom stereocenters. The van der Waals surface area contributed by atoms with E-state index in [1.165, 1.54) is 7.05 Å². The van der Waals surface area contributed by atoms with Crippen molar-refractivity contribution in [3.05, 3.63) is 38.7 Å². The minimum absolute atomic E-state index is 0.276. The lowest BCUT2D eigenvalue weighted by atomic mass is 10.2. The summed E-state index contributed by atoms with van der Waals surface area (Å²) in [4.78, 5) is 23.7. The highest BCUT2D eigenvalue weighted by molar-refractivity contribution is 7.73. The van der Waals surface area contributed by atoms with Gasteiger partial charge in [-0.15, -0.1) is 0 Å². The number of thiazole rings is 1. The second kappa shape index (κ2) is 6.71. The predicted molar refractivity (Wildman–Crippen MR) is 88.2 cm³/mol. The molecule has 1 amide bonds. The molecule has 0 atom stereocenters. The van der Waals surface area contributed by atoms with Crippen LogP contribution in [0.3, 0.4) is 0 Å². The maximum absolute atomic E-state index is 11.7. The highest BCUT2D eigenvalue weighted by Crippen LogP contribution is 2.26. The quantitative estimate of drug-likeness (QED) is 0.661. The molecule has 22 heavy (non-hydrogen) atoms. The molecular weight excluding hydrogens is 322 g/mol. The molecule has 8 heteroatoms. The molecule has 0 aliphatic carbocycles. The Morgan fingerprint density at radius 1 is 1.36 bits per heavy atom. The number of aromatic nitrogens is 1. The summed E-state index contributed by atoms with van der Waals surface area (Å²) in [5, 5.41) is 2.52. The van der Waals surface area contributed by atoms with E-state index in [2.05, 4.69) is 5.32 Å². The fourth-order valence-electron chi connectivity index (χ4n) is 1.87. The van der Waals surface area contributed by atoms with Crippen LogP contribution in [0.1, 0.15) is 27.0 Å². The zero-order valence-electron chi connectivity index (χ0n) is 12.1. The summed E-state index contributed by atoms with van der Waals surface area (Å²) >= 11 is 6.40. The van der Waals surface area contributed by atoms with E-state index in [0.717, 1.165) is 11.3 Å². The number of carbonyl (C=O) groups excluding carboxylic acids is 2. The molecule has 0 saturated heterocycles. The molecule has 116 valence electrons. The first-order valence-corrected chi connectivity index (χ1v) is 7.73. The van der Waals surface area contributed by atoms with Gasteiger partial charge in [-0.05, 0) is 43.4 Å². The lowest BCUT2D eigenvalue weighted by molar-refractivity contribution is 0.0526. The first-order chi connectivity index (χ1) is 10.5. The Morgan fingerprint density at radius 2 is 2.00 bits per heavy atom. The molecule has 0 radical (unpaired) electrons. The van der Waals surface area contributed by atoms with Crippen LogP contribution in [0.2, 0.25) is 0 Å². The fourth-order valence-corrected chi connectivity index (χ4v) is 3.18. The van der Waals surface area contributed by atoms with Gasteiger partial charge in [0, 0.05) is 12.7 Å². The number of hydrogen-bond donors (Lipinski definition) is 2. The Hall–Kier alpha value is -2.19. The summed E-state index contributed by atoms with van der Waals surface area (Å²) in [5.41, 5.74) is 7.14. The second-order valence-corrected chi connectivity index (χ2v) is 5.91. The smallest absolute Gasteiger partial charge is 0.338 e. The molecule has 0 aliphatic heterocycles. The van der Waals surface area contributed by atoms with E-state index >= 15 is 0 Å². The molecule has 0 aliphatic rings. The van der Waals surface area contributed by atoms with E-state index in [1.54, 1.807) is 35.8 Å². The number of nitrogens with zero attached hydrogens (tertiary/aromatic N) is 1. The average Bonchev–Trinajstić information content (AvgIpc) is 2.82. The van der Waals surface area contributed by atoms with Crippen LogP contribution in [0.5, 0.6) is 0 Å². The van der Waals surface area contributed by atoms with Gasteiger partial charge in [-0.25, -0.2) is 4.79 Å². The van der Waals surface area contributed by atoms with Gasteiger partial charge >= 0.3 is 5.97 Å². The molecule has 0 spiro atoms. The summed E-state index contributed by atoms with van der Waals surface area (Å²) in [6.45, 7) is 2.07. The Bertz CT molecular complexity index is 763. The van der Waals surface area contributed by atoms with Crippen molar-refractivity contribution in [3.8, 4) is 5.69 Å². The normalized spacial score (nSPS) is 10.3. The lowest BCUT2D eigenvalue weighted by Crippen LogP contribution is -2.18. The SMILES string of the molecule is CCOC(=O)c1ccc(-n2c(N)c(C(=O)NC)sc2=S)cc1. The number of carbonyl (C=O) groups is 2. The molecule has 0 fully saturated rings. The van der Waals surface area contributed by atoms with Gasteiger partial charge in [0.2, 0.25) is 0 Å². The average molecular weight is 337 g/mol. The number of amides is 1. The van der Waals surface area contributed by atoms with Crippen LogP contribution in [0.25, 0.3) is 5.69 Å². The van der Waals surface area contributed by atoms with Crippen LogP contribution >= 0.6 is 23.6 Å². The van der Waals surface area contributed by atoms with Gasteiger partial charge in [0.15, 0.2) is 3.95 Å². The van der Waals surface area contributed by atoms with Crippen molar-refractivity contribution in [2.75, 3.05) is 19.4 Å². The van der Waals surface area contributed by atoms with E-state index in [9.17, 15) is 9.59 Å². The lowest BCUT2D eigenvalue weighted by Gasteiger charge is -2.07. The third-order valence-electron chi connectivity index (χ3n) is 2.92. The molecule has 3 N–H and O–H groups in total. The number of nitrogens with one attached hydrogen (secondary N) is 1. The molecule has 1 aromatic carbocycles. The minimum atomic E-state index is -0.387. The van der Waals surface area contributed by atoms with Crippen LogP contribution in [0.4, 0.5) is 5.82 Å². The minimum Gasteiger partial charge on any atom is -0.462 e. The van der Waals surface area contributed by atoms with Crippen molar-refractivity contribution < 1.29 is 14.3 Å². The summed E-state index contributed by atoms with van der Waals surface area (Å²) in [7, 11) is 1.53. The standard InChI is InChI=1S/C14H15N3O3S2/c1-3-20-13(19)8-4-6-9(7-5-8)17-11(15)10(12(18)16-2)22-14(17)21/h4-7H,3,15H2,1-2H3,(H,16,18). The molecule has 2 aromatic rings. The molecule has 1 aromatic heterocycles. The molecule has 2 rings (SSSR count). The Morgan fingerprint density at radius 3 is 2.55 bits per heavy atom. The van der Waals surface area contributed by atoms with Gasteiger partial charge in [0.25, 0.3) is 5.91 Å². The highest BCUT2D eigenvalue weighted by atomic mass is 32.1. The van der Waals surface area contributed by atoms with Gasteiger partial charge in [-0.3, -0.25) is 9.36 Å². The van der Waals surface area contributed by atoms with Gasteiger partial charge in [-0.1, -0.05) is 11.3 Å². The first kappa shape index (κ1) is 16.2. The van der Waals surface area contributed by atoms with E-state index < -0.39 is 0 Å². The molecule has 6 nitrogen and oxygen atoms in total. The zero-order valence-corrected chi connectivity index (χ0v) is 13.7. The van der Waals surface area contributed by atoms with E-state index in [-0.39, 0.29) is 17.7 Å². The van der Waals surface area contributed by atoms with Crippen LogP contribution in [0.15, 0.2) is 24.3 Å². The predicted octanol–water partition coefficient (Wildman–Crippen LogP) is 2.39.